The van der Waals surface area contributed by atoms with Crippen molar-refractivity contribution in [2.24, 2.45) is 5.41 Å². The first kappa shape index (κ1) is 15.9. The summed E-state index contributed by atoms with van der Waals surface area (Å²) in [6.07, 6.45) is 7.55. The van der Waals surface area contributed by atoms with Gasteiger partial charge in [-0.3, -0.25) is 0 Å². The molecule has 0 spiro atoms. The van der Waals surface area contributed by atoms with Crippen molar-refractivity contribution in [3.8, 4) is 0 Å². The van der Waals surface area contributed by atoms with Crippen LogP contribution >= 0.6 is 0 Å². The maximum Gasteiger partial charge on any atom is 0.0499 e. The van der Waals surface area contributed by atoms with Crippen LogP contribution in [0, 0.1) is 5.41 Å². The summed E-state index contributed by atoms with van der Waals surface area (Å²) in [6.45, 7) is 10.4. The fourth-order valence-corrected chi connectivity index (χ4v) is 3.01. The normalized spacial score (nSPS) is 19.3. The summed E-state index contributed by atoms with van der Waals surface area (Å²) in [6, 6.07) is 0. The highest BCUT2D eigenvalue weighted by Crippen LogP contribution is 2.35. The van der Waals surface area contributed by atoms with Crippen molar-refractivity contribution in [2.45, 2.75) is 52.4 Å². The molecule has 0 aliphatic heterocycles. The lowest BCUT2D eigenvalue weighted by molar-refractivity contribution is 0.0812. The molecule has 2 N–H and O–H groups in total. The standard InChI is InChI=1S/C15H32N2O/c1-3-17(4-2)12-8-11-16-13-15(14-18)9-6-5-7-10-15/h16,18H,3-14H2,1-2H3. The van der Waals surface area contributed by atoms with Gasteiger partial charge in [0.2, 0.25) is 0 Å². The molecule has 0 heterocycles. The second-order valence-electron chi connectivity index (χ2n) is 5.78. The number of nitrogens with one attached hydrogen (secondary N) is 1. The molecule has 3 heteroatoms. The lowest BCUT2D eigenvalue weighted by Gasteiger charge is -2.36. The van der Waals surface area contributed by atoms with Crippen molar-refractivity contribution in [1.29, 1.82) is 0 Å². The van der Waals surface area contributed by atoms with Crippen molar-refractivity contribution in [1.82, 2.24) is 10.2 Å². The zero-order valence-corrected chi connectivity index (χ0v) is 12.4. The van der Waals surface area contributed by atoms with Crippen LogP contribution in [0.25, 0.3) is 0 Å². The van der Waals surface area contributed by atoms with Crippen LogP contribution < -0.4 is 5.32 Å². The van der Waals surface area contributed by atoms with Crippen molar-refractivity contribution in [3.63, 3.8) is 0 Å². The molecule has 1 aliphatic rings. The predicted molar refractivity (Wildman–Crippen MR) is 77.9 cm³/mol. The first-order chi connectivity index (χ1) is 8.76. The average Bonchev–Trinajstić information content (AvgIpc) is 2.44. The third kappa shape index (κ3) is 5.25. The van der Waals surface area contributed by atoms with Gasteiger partial charge >= 0.3 is 0 Å². The predicted octanol–water partition coefficient (Wildman–Crippen LogP) is 2.25. The fourth-order valence-electron chi connectivity index (χ4n) is 3.01. The van der Waals surface area contributed by atoms with Gasteiger partial charge in [-0.25, -0.2) is 0 Å². The Labute approximate surface area is 113 Å². The average molecular weight is 256 g/mol. The van der Waals surface area contributed by atoms with E-state index in [0.29, 0.717) is 6.61 Å². The Hall–Kier alpha value is -0.120. The number of aliphatic hydroxyl groups excluding tert-OH is 1. The molecule has 0 aromatic heterocycles. The number of nitrogens with zero attached hydrogens (tertiary/aromatic N) is 1. The molecule has 0 unspecified atom stereocenters. The minimum atomic E-state index is 0.188. The van der Waals surface area contributed by atoms with Crippen LogP contribution in [-0.2, 0) is 0 Å². The Kier molecular flexibility index (Phi) is 7.87. The van der Waals surface area contributed by atoms with Crippen molar-refractivity contribution in [2.75, 3.05) is 39.3 Å². The molecule has 0 radical (unpaired) electrons. The number of aliphatic hydroxyl groups is 1. The van der Waals surface area contributed by atoms with E-state index < -0.39 is 0 Å². The van der Waals surface area contributed by atoms with Gasteiger partial charge in [0.05, 0.1) is 0 Å². The van der Waals surface area contributed by atoms with E-state index in [2.05, 4.69) is 24.1 Å². The molecule has 18 heavy (non-hydrogen) atoms. The summed E-state index contributed by atoms with van der Waals surface area (Å²) in [5.41, 5.74) is 0.188. The molecule has 0 saturated heterocycles. The molecular formula is C15H32N2O. The summed E-state index contributed by atoms with van der Waals surface area (Å²) >= 11 is 0. The second-order valence-corrected chi connectivity index (χ2v) is 5.78. The van der Waals surface area contributed by atoms with Gasteiger partial charge < -0.3 is 15.3 Å². The van der Waals surface area contributed by atoms with Gasteiger partial charge in [0, 0.05) is 18.6 Å². The summed E-state index contributed by atoms with van der Waals surface area (Å²) in [5, 5.41) is 13.2. The zero-order valence-electron chi connectivity index (χ0n) is 12.4. The third-order valence-corrected chi connectivity index (χ3v) is 4.47. The SMILES string of the molecule is CCN(CC)CCCNCC1(CO)CCCCC1. The summed E-state index contributed by atoms with van der Waals surface area (Å²) in [5.74, 6) is 0. The van der Waals surface area contributed by atoms with E-state index in [9.17, 15) is 5.11 Å². The number of rotatable bonds is 9. The molecule has 108 valence electrons. The van der Waals surface area contributed by atoms with E-state index in [-0.39, 0.29) is 5.41 Å². The molecule has 0 aromatic carbocycles. The minimum absolute atomic E-state index is 0.188. The highest BCUT2D eigenvalue weighted by atomic mass is 16.3. The maximum absolute atomic E-state index is 9.61. The minimum Gasteiger partial charge on any atom is -0.396 e. The van der Waals surface area contributed by atoms with Crippen molar-refractivity contribution in [3.05, 3.63) is 0 Å². The molecule has 1 aliphatic carbocycles. The van der Waals surface area contributed by atoms with Crippen LogP contribution in [0.2, 0.25) is 0 Å². The third-order valence-electron chi connectivity index (χ3n) is 4.47. The lowest BCUT2D eigenvalue weighted by atomic mass is 9.74. The van der Waals surface area contributed by atoms with Crippen LogP contribution in [0.3, 0.4) is 0 Å². The lowest BCUT2D eigenvalue weighted by Crippen LogP contribution is -2.40. The van der Waals surface area contributed by atoms with Crippen LogP contribution in [0.4, 0.5) is 0 Å². The summed E-state index contributed by atoms with van der Waals surface area (Å²) in [7, 11) is 0. The molecule has 0 atom stereocenters. The van der Waals surface area contributed by atoms with Gasteiger partial charge in [-0.1, -0.05) is 33.1 Å². The Bertz CT molecular complexity index is 199. The monoisotopic (exact) mass is 256 g/mol. The van der Waals surface area contributed by atoms with E-state index in [1.54, 1.807) is 0 Å². The Morgan fingerprint density at radius 1 is 1.11 bits per heavy atom. The van der Waals surface area contributed by atoms with Crippen molar-refractivity contribution < 1.29 is 5.11 Å². The Morgan fingerprint density at radius 2 is 1.78 bits per heavy atom. The van der Waals surface area contributed by atoms with E-state index in [1.807, 2.05) is 0 Å². The molecule has 1 saturated carbocycles. The molecule has 1 rings (SSSR count). The second kappa shape index (κ2) is 8.89. The van der Waals surface area contributed by atoms with Gasteiger partial charge in [0.25, 0.3) is 0 Å². The summed E-state index contributed by atoms with van der Waals surface area (Å²) < 4.78 is 0. The quantitative estimate of drug-likeness (QED) is 0.621. The molecule has 0 bridgehead atoms. The van der Waals surface area contributed by atoms with Crippen LogP contribution in [0.5, 0.6) is 0 Å². The first-order valence-corrected chi connectivity index (χ1v) is 7.80. The maximum atomic E-state index is 9.61. The Morgan fingerprint density at radius 3 is 2.33 bits per heavy atom. The first-order valence-electron chi connectivity index (χ1n) is 7.80. The van der Waals surface area contributed by atoms with Gasteiger partial charge in [0.15, 0.2) is 0 Å². The molecule has 3 nitrogen and oxygen atoms in total. The largest absolute Gasteiger partial charge is 0.396 e. The molecular weight excluding hydrogens is 224 g/mol. The van der Waals surface area contributed by atoms with Crippen LogP contribution in [-0.4, -0.2) is 49.3 Å². The van der Waals surface area contributed by atoms with Gasteiger partial charge in [-0.15, -0.1) is 0 Å². The topological polar surface area (TPSA) is 35.5 Å². The highest BCUT2D eigenvalue weighted by Gasteiger charge is 2.30. The number of hydrogen-bond donors (Lipinski definition) is 2. The zero-order chi connectivity index (χ0) is 13.3. The van der Waals surface area contributed by atoms with E-state index >= 15 is 0 Å². The Balaban J connectivity index is 2.12. The molecule has 1 fully saturated rings. The van der Waals surface area contributed by atoms with Crippen LogP contribution in [0.15, 0.2) is 0 Å². The molecule has 0 amide bonds. The summed E-state index contributed by atoms with van der Waals surface area (Å²) in [4.78, 5) is 2.46. The van der Waals surface area contributed by atoms with E-state index in [1.165, 1.54) is 45.1 Å². The van der Waals surface area contributed by atoms with Crippen LogP contribution in [0.1, 0.15) is 52.4 Å². The number of hydrogen-bond acceptors (Lipinski definition) is 3. The van der Waals surface area contributed by atoms with E-state index in [4.69, 9.17) is 0 Å². The smallest absolute Gasteiger partial charge is 0.0499 e. The van der Waals surface area contributed by atoms with E-state index in [0.717, 1.165) is 26.2 Å². The highest BCUT2D eigenvalue weighted by molar-refractivity contribution is 4.84. The van der Waals surface area contributed by atoms with Gasteiger partial charge in [0.1, 0.15) is 0 Å². The van der Waals surface area contributed by atoms with Gasteiger partial charge in [-0.2, -0.15) is 0 Å². The fraction of sp³-hybridized carbons (Fsp3) is 1.00. The van der Waals surface area contributed by atoms with Gasteiger partial charge in [-0.05, 0) is 45.4 Å². The molecule has 0 aromatic rings. The van der Waals surface area contributed by atoms with Crippen molar-refractivity contribution >= 4 is 0 Å².